The third kappa shape index (κ3) is 5.15. The van der Waals surface area contributed by atoms with Crippen molar-refractivity contribution in [2.75, 3.05) is 62.8 Å². The van der Waals surface area contributed by atoms with Crippen LogP contribution in [0.3, 0.4) is 0 Å². The SMILES string of the molecule is CN(CCc1cccc(N2CCOCC2)c1)CCN1c2ccccc2COc2ccccc21. The Labute approximate surface area is 197 Å². The summed E-state index contributed by atoms with van der Waals surface area (Å²) in [7, 11) is 2.22. The molecule has 2 aliphatic heterocycles. The molecule has 0 aromatic heterocycles. The van der Waals surface area contributed by atoms with E-state index in [0.717, 1.165) is 63.8 Å². The van der Waals surface area contributed by atoms with Gasteiger partial charge >= 0.3 is 0 Å². The highest BCUT2D eigenvalue weighted by Crippen LogP contribution is 2.38. The zero-order chi connectivity index (χ0) is 22.5. The third-order valence-corrected chi connectivity index (χ3v) is 6.60. The lowest BCUT2D eigenvalue weighted by Gasteiger charge is -2.29. The van der Waals surface area contributed by atoms with Crippen LogP contribution in [0.15, 0.2) is 72.8 Å². The van der Waals surface area contributed by atoms with Crippen LogP contribution in [-0.4, -0.2) is 57.9 Å². The van der Waals surface area contributed by atoms with Crippen molar-refractivity contribution in [2.24, 2.45) is 0 Å². The molecule has 1 saturated heterocycles. The molecule has 2 heterocycles. The van der Waals surface area contributed by atoms with Gasteiger partial charge in [-0.3, -0.25) is 0 Å². The topological polar surface area (TPSA) is 28.2 Å². The maximum atomic E-state index is 6.11. The van der Waals surface area contributed by atoms with Crippen molar-refractivity contribution in [3.8, 4) is 5.75 Å². The van der Waals surface area contributed by atoms with Crippen molar-refractivity contribution < 1.29 is 9.47 Å². The van der Waals surface area contributed by atoms with Gasteiger partial charge in [0.05, 0.1) is 18.9 Å². The first-order valence-corrected chi connectivity index (χ1v) is 12.0. The number of ether oxygens (including phenoxy) is 2. The second kappa shape index (κ2) is 10.3. The molecular formula is C28H33N3O2. The second-order valence-electron chi connectivity index (χ2n) is 8.86. The quantitative estimate of drug-likeness (QED) is 0.527. The Bertz CT molecular complexity index is 1020. The molecule has 3 aromatic rings. The number of hydrogen-bond donors (Lipinski definition) is 0. The lowest BCUT2D eigenvalue weighted by Crippen LogP contribution is -2.36. The van der Waals surface area contributed by atoms with Crippen molar-refractivity contribution in [3.05, 3.63) is 83.9 Å². The molecule has 5 rings (SSSR count). The maximum Gasteiger partial charge on any atom is 0.143 e. The van der Waals surface area contributed by atoms with Gasteiger partial charge in [0.1, 0.15) is 12.4 Å². The van der Waals surface area contributed by atoms with E-state index in [-0.39, 0.29) is 0 Å². The van der Waals surface area contributed by atoms with E-state index in [1.807, 2.05) is 6.07 Å². The van der Waals surface area contributed by atoms with Crippen molar-refractivity contribution in [3.63, 3.8) is 0 Å². The van der Waals surface area contributed by atoms with Crippen LogP contribution in [0.2, 0.25) is 0 Å². The average molecular weight is 444 g/mol. The largest absolute Gasteiger partial charge is 0.487 e. The number of hydrogen-bond acceptors (Lipinski definition) is 5. The Balaban J connectivity index is 1.22. The van der Waals surface area contributed by atoms with E-state index in [2.05, 4.69) is 88.5 Å². The van der Waals surface area contributed by atoms with Crippen LogP contribution in [0.25, 0.3) is 0 Å². The molecule has 0 bridgehead atoms. The summed E-state index contributed by atoms with van der Waals surface area (Å²) in [6, 6.07) is 25.9. The number of benzene rings is 3. The van der Waals surface area contributed by atoms with E-state index >= 15 is 0 Å². The summed E-state index contributed by atoms with van der Waals surface area (Å²) in [6.45, 7) is 7.13. The predicted molar refractivity (Wildman–Crippen MR) is 135 cm³/mol. The Morgan fingerprint density at radius 2 is 1.64 bits per heavy atom. The van der Waals surface area contributed by atoms with Gasteiger partial charge in [0.15, 0.2) is 0 Å². The number of para-hydroxylation sites is 3. The minimum Gasteiger partial charge on any atom is -0.487 e. The van der Waals surface area contributed by atoms with Crippen molar-refractivity contribution in [1.29, 1.82) is 0 Å². The van der Waals surface area contributed by atoms with Crippen LogP contribution in [0.4, 0.5) is 17.1 Å². The fourth-order valence-electron chi connectivity index (χ4n) is 4.66. The maximum absolute atomic E-state index is 6.11. The van der Waals surface area contributed by atoms with E-state index in [4.69, 9.17) is 9.47 Å². The van der Waals surface area contributed by atoms with E-state index in [1.54, 1.807) is 0 Å². The Kier molecular flexibility index (Phi) is 6.79. The van der Waals surface area contributed by atoms with Crippen LogP contribution in [0, 0.1) is 0 Å². The van der Waals surface area contributed by atoms with Crippen molar-refractivity contribution >= 4 is 17.1 Å². The summed E-state index contributed by atoms with van der Waals surface area (Å²) >= 11 is 0. The third-order valence-electron chi connectivity index (χ3n) is 6.60. The van der Waals surface area contributed by atoms with Crippen LogP contribution in [0.5, 0.6) is 5.75 Å². The molecule has 1 fully saturated rings. The Hall–Kier alpha value is -3.02. The molecule has 0 aliphatic carbocycles. The first-order valence-electron chi connectivity index (χ1n) is 12.0. The minimum absolute atomic E-state index is 0.610. The molecule has 2 aliphatic rings. The molecule has 0 spiro atoms. The van der Waals surface area contributed by atoms with Crippen LogP contribution in [-0.2, 0) is 17.8 Å². The number of morpholine rings is 1. The molecule has 0 amide bonds. The van der Waals surface area contributed by atoms with Gasteiger partial charge < -0.3 is 24.2 Å². The summed E-state index contributed by atoms with van der Waals surface area (Å²) in [5, 5.41) is 0. The van der Waals surface area contributed by atoms with Crippen molar-refractivity contribution in [2.45, 2.75) is 13.0 Å². The van der Waals surface area contributed by atoms with Crippen LogP contribution in [0.1, 0.15) is 11.1 Å². The predicted octanol–water partition coefficient (Wildman–Crippen LogP) is 4.73. The Morgan fingerprint density at radius 3 is 2.52 bits per heavy atom. The number of nitrogens with zero attached hydrogens (tertiary/aromatic N) is 3. The van der Waals surface area contributed by atoms with Gasteiger partial charge in [0.2, 0.25) is 0 Å². The molecule has 0 N–H and O–H groups in total. The number of rotatable bonds is 7. The summed E-state index contributed by atoms with van der Waals surface area (Å²) in [5.74, 6) is 0.955. The molecule has 0 unspecified atom stereocenters. The first kappa shape index (κ1) is 21.8. The number of anilines is 3. The minimum atomic E-state index is 0.610. The van der Waals surface area contributed by atoms with E-state index in [9.17, 15) is 0 Å². The molecule has 0 saturated carbocycles. The molecule has 3 aromatic carbocycles. The lowest BCUT2D eigenvalue weighted by molar-refractivity contribution is 0.122. The molecule has 172 valence electrons. The average Bonchev–Trinajstić information content (AvgIpc) is 3.04. The zero-order valence-corrected chi connectivity index (χ0v) is 19.5. The zero-order valence-electron chi connectivity index (χ0n) is 19.5. The summed E-state index contributed by atoms with van der Waals surface area (Å²) in [5.41, 5.74) is 6.33. The molecule has 5 nitrogen and oxygen atoms in total. The molecule has 5 heteroatoms. The first-order chi connectivity index (χ1) is 16.3. The van der Waals surface area contributed by atoms with Gasteiger partial charge in [-0.05, 0) is 49.4 Å². The highest BCUT2D eigenvalue weighted by Gasteiger charge is 2.21. The van der Waals surface area contributed by atoms with Gasteiger partial charge in [0, 0.05) is 49.7 Å². The summed E-state index contributed by atoms with van der Waals surface area (Å²) in [6.07, 6.45) is 1.05. The van der Waals surface area contributed by atoms with Gasteiger partial charge in [-0.15, -0.1) is 0 Å². The van der Waals surface area contributed by atoms with Gasteiger partial charge in [-0.25, -0.2) is 0 Å². The number of fused-ring (bicyclic) bond motifs is 2. The van der Waals surface area contributed by atoms with E-state index in [1.165, 1.54) is 22.5 Å². The van der Waals surface area contributed by atoms with E-state index in [0.29, 0.717) is 6.61 Å². The highest BCUT2D eigenvalue weighted by molar-refractivity contribution is 5.72. The molecule has 33 heavy (non-hydrogen) atoms. The summed E-state index contributed by atoms with van der Waals surface area (Å²) < 4.78 is 11.6. The number of likely N-dealkylation sites (N-methyl/N-ethyl adjacent to an activating group) is 1. The van der Waals surface area contributed by atoms with E-state index < -0.39 is 0 Å². The van der Waals surface area contributed by atoms with Crippen molar-refractivity contribution in [1.82, 2.24) is 4.90 Å². The normalized spacial score (nSPS) is 15.6. The lowest BCUT2D eigenvalue weighted by atomic mass is 10.1. The smallest absolute Gasteiger partial charge is 0.143 e. The van der Waals surface area contributed by atoms with Gasteiger partial charge in [-0.2, -0.15) is 0 Å². The highest BCUT2D eigenvalue weighted by atomic mass is 16.5. The fraction of sp³-hybridized carbons (Fsp3) is 0.357. The molecular weight excluding hydrogens is 410 g/mol. The van der Waals surface area contributed by atoms with Crippen LogP contribution < -0.4 is 14.5 Å². The van der Waals surface area contributed by atoms with Gasteiger partial charge in [0.25, 0.3) is 0 Å². The molecule has 0 atom stereocenters. The standard InChI is InChI=1S/C28H33N3O2/c1-29(14-13-23-7-6-9-25(21-23)30-17-19-32-20-18-30)15-16-31-26-10-3-2-8-24(26)22-33-28-12-5-4-11-27(28)31/h2-12,21H,13-20,22H2,1H3. The Morgan fingerprint density at radius 1 is 0.848 bits per heavy atom. The van der Waals surface area contributed by atoms with Gasteiger partial charge in [-0.1, -0.05) is 42.5 Å². The summed E-state index contributed by atoms with van der Waals surface area (Å²) in [4.78, 5) is 7.26. The monoisotopic (exact) mass is 443 g/mol. The van der Waals surface area contributed by atoms with Crippen LogP contribution >= 0.6 is 0 Å². The fourth-order valence-corrected chi connectivity index (χ4v) is 4.66. The second-order valence-corrected chi connectivity index (χ2v) is 8.86. The molecule has 0 radical (unpaired) electrons.